The van der Waals surface area contributed by atoms with E-state index >= 15 is 0 Å². The van der Waals surface area contributed by atoms with Crippen molar-refractivity contribution in [3.8, 4) is 0 Å². The van der Waals surface area contributed by atoms with Gasteiger partial charge in [0.2, 0.25) is 11.8 Å². The molecule has 0 heterocycles. The molecule has 2 amide bonds. The highest BCUT2D eigenvalue weighted by molar-refractivity contribution is 7.92. The summed E-state index contributed by atoms with van der Waals surface area (Å²) >= 11 is 0. The van der Waals surface area contributed by atoms with E-state index < -0.39 is 28.5 Å². The summed E-state index contributed by atoms with van der Waals surface area (Å²) in [7, 11) is -4.09. The fourth-order valence-corrected chi connectivity index (χ4v) is 6.18. The maximum Gasteiger partial charge on any atom is 0.264 e. The Bertz CT molecular complexity index is 1400. The highest BCUT2D eigenvalue weighted by atomic mass is 32.2. The van der Waals surface area contributed by atoms with Crippen LogP contribution < -0.4 is 9.62 Å². The predicted octanol–water partition coefficient (Wildman–Crippen LogP) is 5.43. The summed E-state index contributed by atoms with van der Waals surface area (Å²) in [5.74, 6) is -0.408. The Labute approximate surface area is 245 Å². The molecule has 220 valence electrons. The monoisotopic (exact) mass is 577 g/mol. The Morgan fingerprint density at radius 3 is 2.02 bits per heavy atom. The number of nitrogens with one attached hydrogen (secondary N) is 1. The van der Waals surface area contributed by atoms with Crippen LogP contribution in [0.15, 0.2) is 77.7 Å². The van der Waals surface area contributed by atoms with Crippen molar-refractivity contribution >= 4 is 27.5 Å². The molecule has 1 N–H and O–H groups in total. The summed E-state index contributed by atoms with van der Waals surface area (Å²) in [4.78, 5) is 29.1. The third-order valence-corrected chi connectivity index (χ3v) is 8.73. The van der Waals surface area contributed by atoms with Gasteiger partial charge in [-0.1, -0.05) is 74.9 Å². The fraction of sp³-hybridized carbons (Fsp3) is 0.394. The van der Waals surface area contributed by atoms with Crippen molar-refractivity contribution in [1.82, 2.24) is 10.2 Å². The zero-order chi connectivity index (χ0) is 30.2. The predicted molar refractivity (Wildman–Crippen MR) is 165 cm³/mol. The molecule has 0 saturated heterocycles. The second-order valence-electron chi connectivity index (χ2n) is 11.1. The van der Waals surface area contributed by atoms with E-state index in [1.165, 1.54) is 4.31 Å². The van der Waals surface area contributed by atoms with Crippen molar-refractivity contribution in [2.45, 2.75) is 65.3 Å². The van der Waals surface area contributed by atoms with Crippen LogP contribution in [-0.2, 0) is 26.0 Å². The first-order chi connectivity index (χ1) is 19.4. The summed E-state index contributed by atoms with van der Waals surface area (Å²) in [6.07, 6.45) is 0.938. The molecule has 3 aromatic rings. The molecule has 8 heteroatoms. The van der Waals surface area contributed by atoms with Crippen LogP contribution in [0.2, 0.25) is 0 Å². The number of carbonyl (C=O) groups excluding carboxylic acids is 2. The van der Waals surface area contributed by atoms with Crippen molar-refractivity contribution < 1.29 is 18.0 Å². The van der Waals surface area contributed by atoms with E-state index in [2.05, 4.69) is 5.32 Å². The number of hydrogen-bond acceptors (Lipinski definition) is 4. The number of nitrogens with zero attached hydrogens (tertiary/aromatic N) is 2. The van der Waals surface area contributed by atoms with Crippen LogP contribution in [0.3, 0.4) is 0 Å². The van der Waals surface area contributed by atoms with Gasteiger partial charge in [-0.05, 0) is 80.5 Å². The van der Waals surface area contributed by atoms with Crippen LogP contribution in [-0.4, -0.2) is 50.8 Å². The van der Waals surface area contributed by atoms with E-state index in [0.29, 0.717) is 25.1 Å². The molecule has 0 fully saturated rings. The van der Waals surface area contributed by atoms with E-state index in [0.717, 1.165) is 22.3 Å². The van der Waals surface area contributed by atoms with Crippen molar-refractivity contribution in [3.63, 3.8) is 0 Å². The van der Waals surface area contributed by atoms with Crippen LogP contribution in [0.4, 0.5) is 5.69 Å². The normalized spacial score (nSPS) is 12.2. The number of sulfonamides is 1. The third kappa shape index (κ3) is 8.67. The molecule has 3 rings (SSSR count). The van der Waals surface area contributed by atoms with Crippen LogP contribution in [0.5, 0.6) is 0 Å². The lowest BCUT2D eigenvalue weighted by atomic mass is 10.1. The van der Waals surface area contributed by atoms with Gasteiger partial charge in [-0.15, -0.1) is 0 Å². The summed E-state index contributed by atoms with van der Waals surface area (Å²) in [6.45, 7) is 11.9. The summed E-state index contributed by atoms with van der Waals surface area (Å²) in [6, 6.07) is 21.1. The van der Waals surface area contributed by atoms with Crippen molar-refractivity contribution in [3.05, 3.63) is 95.1 Å². The molecule has 0 aliphatic heterocycles. The zero-order valence-corrected chi connectivity index (χ0v) is 25.9. The SMILES string of the molecule is CCC(C(=O)NCC(C)C)N(CCc1ccccc1)C(=O)CN(c1cc(C)cc(C)c1)S(=O)(=O)c1ccc(C)cc1. The van der Waals surface area contributed by atoms with E-state index in [1.807, 2.05) is 77.9 Å². The Balaban J connectivity index is 2.03. The fourth-order valence-electron chi connectivity index (χ4n) is 4.78. The van der Waals surface area contributed by atoms with Gasteiger partial charge in [0, 0.05) is 13.1 Å². The molecular formula is C33H43N3O4S. The third-order valence-electron chi connectivity index (χ3n) is 6.94. The molecule has 0 bridgehead atoms. The first-order valence-corrected chi connectivity index (χ1v) is 15.6. The van der Waals surface area contributed by atoms with Gasteiger partial charge in [0.1, 0.15) is 12.6 Å². The smallest absolute Gasteiger partial charge is 0.264 e. The Hall–Kier alpha value is -3.65. The second kappa shape index (κ2) is 14.3. The number of amides is 2. The van der Waals surface area contributed by atoms with Crippen LogP contribution in [0, 0.1) is 26.7 Å². The standard InChI is InChI=1S/C33H43N3O4S/c1-7-31(33(38)34-22-24(2)3)35(18-17-28-11-9-8-10-12-28)32(37)23-36(29-20-26(5)19-27(6)21-29)41(39,40)30-15-13-25(4)14-16-30/h8-16,19-21,24,31H,7,17-18,22-23H2,1-6H3,(H,34,38). The average Bonchev–Trinajstić information content (AvgIpc) is 2.92. The highest BCUT2D eigenvalue weighted by Gasteiger charge is 2.33. The van der Waals surface area contributed by atoms with Gasteiger partial charge in [0.15, 0.2) is 0 Å². The molecule has 1 unspecified atom stereocenters. The van der Waals surface area contributed by atoms with Crippen LogP contribution in [0.1, 0.15) is 49.4 Å². The van der Waals surface area contributed by atoms with Gasteiger partial charge in [-0.3, -0.25) is 13.9 Å². The lowest BCUT2D eigenvalue weighted by Crippen LogP contribution is -2.53. The number of hydrogen-bond donors (Lipinski definition) is 1. The first-order valence-electron chi connectivity index (χ1n) is 14.2. The van der Waals surface area contributed by atoms with E-state index in [4.69, 9.17) is 0 Å². The van der Waals surface area contributed by atoms with Gasteiger partial charge >= 0.3 is 0 Å². The lowest BCUT2D eigenvalue weighted by molar-refractivity contribution is -0.139. The summed E-state index contributed by atoms with van der Waals surface area (Å²) in [5.41, 5.74) is 4.15. The van der Waals surface area contributed by atoms with Gasteiger partial charge in [0.05, 0.1) is 10.6 Å². The minimum absolute atomic E-state index is 0.104. The van der Waals surface area contributed by atoms with Crippen molar-refractivity contribution in [2.24, 2.45) is 5.92 Å². The molecule has 41 heavy (non-hydrogen) atoms. The quantitative estimate of drug-likeness (QED) is 0.294. The average molecular weight is 578 g/mol. The van der Waals surface area contributed by atoms with Crippen molar-refractivity contribution in [1.29, 1.82) is 0 Å². The van der Waals surface area contributed by atoms with E-state index in [9.17, 15) is 18.0 Å². The highest BCUT2D eigenvalue weighted by Crippen LogP contribution is 2.27. The van der Waals surface area contributed by atoms with Gasteiger partial charge in [-0.25, -0.2) is 8.42 Å². The number of rotatable bonds is 13. The van der Waals surface area contributed by atoms with Gasteiger partial charge < -0.3 is 10.2 Å². The Kier molecular flexibility index (Phi) is 11.1. The molecule has 0 saturated carbocycles. The molecular weight excluding hydrogens is 534 g/mol. The number of anilines is 1. The van der Waals surface area contributed by atoms with Crippen LogP contribution >= 0.6 is 0 Å². The molecule has 0 aliphatic carbocycles. The molecule has 0 spiro atoms. The summed E-state index contributed by atoms with van der Waals surface area (Å²) in [5, 5.41) is 2.96. The van der Waals surface area contributed by atoms with E-state index in [-0.39, 0.29) is 23.3 Å². The minimum atomic E-state index is -4.09. The molecule has 0 aromatic heterocycles. The maximum atomic E-state index is 14.1. The summed E-state index contributed by atoms with van der Waals surface area (Å²) < 4.78 is 29.2. The molecule has 0 aliphatic rings. The zero-order valence-electron chi connectivity index (χ0n) is 25.1. The number of aryl methyl sites for hydroxylation is 3. The van der Waals surface area contributed by atoms with Crippen LogP contribution in [0.25, 0.3) is 0 Å². The molecule has 3 aromatic carbocycles. The molecule has 7 nitrogen and oxygen atoms in total. The number of carbonyl (C=O) groups is 2. The first kappa shape index (κ1) is 31.9. The molecule has 0 radical (unpaired) electrons. The molecule has 1 atom stereocenters. The largest absolute Gasteiger partial charge is 0.354 e. The lowest BCUT2D eigenvalue weighted by Gasteiger charge is -2.33. The Morgan fingerprint density at radius 2 is 1.46 bits per heavy atom. The minimum Gasteiger partial charge on any atom is -0.354 e. The maximum absolute atomic E-state index is 14.1. The van der Waals surface area contributed by atoms with E-state index in [1.54, 1.807) is 41.3 Å². The van der Waals surface area contributed by atoms with Crippen molar-refractivity contribution in [2.75, 3.05) is 23.9 Å². The second-order valence-corrected chi connectivity index (χ2v) is 12.9. The topological polar surface area (TPSA) is 86.8 Å². The van der Waals surface area contributed by atoms with Gasteiger partial charge in [-0.2, -0.15) is 0 Å². The van der Waals surface area contributed by atoms with Gasteiger partial charge in [0.25, 0.3) is 10.0 Å². The Morgan fingerprint density at radius 1 is 0.854 bits per heavy atom. The number of benzene rings is 3.